The highest BCUT2D eigenvalue weighted by Gasteiger charge is 2.19. The predicted octanol–water partition coefficient (Wildman–Crippen LogP) is 1.73. The zero-order chi connectivity index (χ0) is 18.5. The molecule has 1 saturated heterocycles. The van der Waals surface area contributed by atoms with Crippen LogP contribution in [-0.4, -0.2) is 45.8 Å². The number of amides is 1. The number of aliphatic hydroxyl groups is 1. The van der Waals surface area contributed by atoms with Crippen molar-refractivity contribution in [3.05, 3.63) is 35.6 Å². The molecule has 1 aliphatic rings. The largest absolute Gasteiger partial charge is 0.396 e. The van der Waals surface area contributed by atoms with Crippen molar-refractivity contribution in [2.24, 2.45) is 5.92 Å². The second kappa shape index (κ2) is 8.27. The van der Waals surface area contributed by atoms with E-state index in [9.17, 15) is 9.90 Å². The minimum atomic E-state index is -0.223. The number of nitrogens with one attached hydrogen (secondary N) is 1. The maximum absolute atomic E-state index is 12.2. The van der Waals surface area contributed by atoms with E-state index in [0.717, 1.165) is 31.7 Å². The van der Waals surface area contributed by atoms with Gasteiger partial charge in [-0.25, -0.2) is 4.98 Å². The van der Waals surface area contributed by atoms with Gasteiger partial charge in [-0.1, -0.05) is 19.0 Å². The monoisotopic (exact) mass is 359 g/mol. The van der Waals surface area contributed by atoms with Gasteiger partial charge in [0.05, 0.1) is 12.1 Å². The molecule has 1 amide bonds. The number of hydrogen-bond acceptors (Lipinski definition) is 7. The third-order valence-corrected chi connectivity index (χ3v) is 4.59. The molecule has 0 atom stereocenters. The van der Waals surface area contributed by atoms with Crippen molar-refractivity contribution in [1.82, 2.24) is 20.4 Å². The lowest BCUT2D eigenvalue weighted by atomic mass is 9.98. The lowest BCUT2D eigenvalue weighted by Gasteiger charge is -2.31. The molecule has 0 saturated carbocycles. The number of carbonyl (C=O) groups excluding carboxylic acids is 1. The van der Waals surface area contributed by atoms with E-state index in [2.05, 4.69) is 25.3 Å². The number of aromatic nitrogens is 3. The van der Waals surface area contributed by atoms with Crippen molar-refractivity contribution in [2.45, 2.75) is 39.2 Å². The van der Waals surface area contributed by atoms with Crippen molar-refractivity contribution >= 4 is 11.7 Å². The number of aliphatic hydroxyl groups excluding tert-OH is 1. The smallest absolute Gasteiger partial charge is 0.253 e. The van der Waals surface area contributed by atoms with Crippen LogP contribution in [0.15, 0.2) is 22.9 Å². The van der Waals surface area contributed by atoms with Crippen molar-refractivity contribution in [3.63, 3.8) is 0 Å². The zero-order valence-corrected chi connectivity index (χ0v) is 15.2. The molecule has 0 aromatic carbocycles. The van der Waals surface area contributed by atoms with Crippen LogP contribution in [0.25, 0.3) is 0 Å². The third-order valence-electron chi connectivity index (χ3n) is 4.59. The molecular weight excluding hydrogens is 334 g/mol. The van der Waals surface area contributed by atoms with E-state index >= 15 is 0 Å². The van der Waals surface area contributed by atoms with Crippen LogP contribution >= 0.6 is 0 Å². The van der Waals surface area contributed by atoms with Crippen LogP contribution in [0, 0.1) is 5.92 Å². The number of carbonyl (C=O) groups is 1. The van der Waals surface area contributed by atoms with Gasteiger partial charge in [0.25, 0.3) is 5.91 Å². The maximum atomic E-state index is 12.2. The quantitative estimate of drug-likeness (QED) is 0.809. The molecule has 8 nitrogen and oxygen atoms in total. The Morgan fingerprint density at radius 3 is 2.73 bits per heavy atom. The van der Waals surface area contributed by atoms with E-state index in [0.29, 0.717) is 23.2 Å². The summed E-state index contributed by atoms with van der Waals surface area (Å²) in [5.74, 6) is 2.20. The third kappa shape index (κ3) is 4.37. The summed E-state index contributed by atoms with van der Waals surface area (Å²) in [4.78, 5) is 23.1. The molecular formula is C18H25N5O3. The summed E-state index contributed by atoms with van der Waals surface area (Å²) in [6, 6.07) is 3.63. The summed E-state index contributed by atoms with van der Waals surface area (Å²) in [7, 11) is 0. The fourth-order valence-electron chi connectivity index (χ4n) is 2.89. The summed E-state index contributed by atoms with van der Waals surface area (Å²) < 4.78 is 5.12. The molecule has 8 heteroatoms. The molecule has 0 unspecified atom stereocenters. The van der Waals surface area contributed by atoms with E-state index in [-0.39, 0.29) is 25.0 Å². The Labute approximate surface area is 152 Å². The van der Waals surface area contributed by atoms with Crippen molar-refractivity contribution in [2.75, 3.05) is 24.6 Å². The molecule has 0 radical (unpaired) electrons. The highest BCUT2D eigenvalue weighted by atomic mass is 16.5. The van der Waals surface area contributed by atoms with Crippen LogP contribution in [0.2, 0.25) is 0 Å². The van der Waals surface area contributed by atoms with E-state index in [1.807, 2.05) is 19.9 Å². The van der Waals surface area contributed by atoms with Crippen LogP contribution in [0.5, 0.6) is 0 Å². The van der Waals surface area contributed by atoms with Gasteiger partial charge in [0.2, 0.25) is 5.89 Å². The number of pyridine rings is 1. The molecule has 0 spiro atoms. The first kappa shape index (κ1) is 18.3. The maximum Gasteiger partial charge on any atom is 0.253 e. The van der Waals surface area contributed by atoms with Gasteiger partial charge in [0, 0.05) is 31.8 Å². The Balaban J connectivity index is 1.53. The summed E-state index contributed by atoms with van der Waals surface area (Å²) in [5.41, 5.74) is 0.492. The first-order valence-electron chi connectivity index (χ1n) is 8.99. The first-order chi connectivity index (χ1) is 12.6. The van der Waals surface area contributed by atoms with Gasteiger partial charge in [-0.05, 0) is 30.9 Å². The number of piperidine rings is 1. The van der Waals surface area contributed by atoms with Crippen molar-refractivity contribution in [1.29, 1.82) is 0 Å². The first-order valence-corrected chi connectivity index (χ1v) is 8.99. The van der Waals surface area contributed by atoms with Crippen molar-refractivity contribution in [3.8, 4) is 0 Å². The predicted molar refractivity (Wildman–Crippen MR) is 95.8 cm³/mol. The van der Waals surface area contributed by atoms with E-state index in [1.54, 1.807) is 12.3 Å². The van der Waals surface area contributed by atoms with Gasteiger partial charge in [-0.3, -0.25) is 4.79 Å². The molecule has 0 aliphatic carbocycles. The minimum Gasteiger partial charge on any atom is -0.396 e. The standard InChI is InChI=1S/C18H25N5O3/c1-12(2)18-21-15(22-26-18)10-20-17(25)14-3-4-16(19-9-14)23-7-5-13(11-24)6-8-23/h3-4,9,12-13,24H,5-8,10-11H2,1-2H3,(H,20,25). The normalized spacial score (nSPS) is 15.5. The zero-order valence-electron chi connectivity index (χ0n) is 15.2. The van der Waals surface area contributed by atoms with Crippen LogP contribution in [0.4, 0.5) is 5.82 Å². The second-order valence-corrected chi connectivity index (χ2v) is 6.90. The Kier molecular flexibility index (Phi) is 5.82. The fourth-order valence-corrected chi connectivity index (χ4v) is 2.89. The van der Waals surface area contributed by atoms with Crippen LogP contribution in [0.3, 0.4) is 0 Å². The molecule has 2 aromatic heterocycles. The van der Waals surface area contributed by atoms with Gasteiger partial charge < -0.3 is 19.8 Å². The van der Waals surface area contributed by atoms with Crippen molar-refractivity contribution < 1.29 is 14.4 Å². The number of rotatable bonds is 6. The molecule has 1 aliphatic heterocycles. The van der Waals surface area contributed by atoms with Gasteiger partial charge in [0.15, 0.2) is 5.82 Å². The number of nitrogens with zero attached hydrogens (tertiary/aromatic N) is 4. The second-order valence-electron chi connectivity index (χ2n) is 6.90. The highest BCUT2D eigenvalue weighted by Crippen LogP contribution is 2.21. The van der Waals surface area contributed by atoms with Crippen LogP contribution in [-0.2, 0) is 6.54 Å². The molecule has 0 bridgehead atoms. The van der Waals surface area contributed by atoms with Gasteiger partial charge in [0.1, 0.15) is 5.82 Å². The summed E-state index contributed by atoms with van der Waals surface area (Å²) in [5, 5.41) is 15.8. The Morgan fingerprint density at radius 1 is 1.38 bits per heavy atom. The van der Waals surface area contributed by atoms with Gasteiger partial charge in [-0.2, -0.15) is 4.98 Å². The average molecular weight is 359 g/mol. The number of anilines is 1. The fraction of sp³-hybridized carbons (Fsp3) is 0.556. The van der Waals surface area contributed by atoms with E-state index in [1.165, 1.54) is 0 Å². The topological polar surface area (TPSA) is 104 Å². The Hall–Kier alpha value is -2.48. The lowest BCUT2D eigenvalue weighted by molar-refractivity contribution is 0.0949. The van der Waals surface area contributed by atoms with E-state index in [4.69, 9.17) is 4.52 Å². The lowest BCUT2D eigenvalue weighted by Crippen LogP contribution is -2.35. The molecule has 2 aromatic rings. The SMILES string of the molecule is CC(C)c1nc(CNC(=O)c2ccc(N3CCC(CO)CC3)nc2)no1. The Bertz CT molecular complexity index is 721. The van der Waals surface area contributed by atoms with Crippen LogP contribution in [0.1, 0.15) is 54.7 Å². The molecule has 26 heavy (non-hydrogen) atoms. The van der Waals surface area contributed by atoms with Gasteiger partial charge >= 0.3 is 0 Å². The minimum absolute atomic E-state index is 0.158. The summed E-state index contributed by atoms with van der Waals surface area (Å²) in [6.45, 7) is 6.15. The van der Waals surface area contributed by atoms with Gasteiger partial charge in [-0.15, -0.1) is 0 Å². The highest BCUT2D eigenvalue weighted by molar-refractivity contribution is 5.93. The summed E-state index contributed by atoms with van der Waals surface area (Å²) in [6.07, 6.45) is 3.51. The van der Waals surface area contributed by atoms with E-state index < -0.39 is 0 Å². The average Bonchev–Trinajstić information content (AvgIpc) is 3.16. The van der Waals surface area contributed by atoms with Crippen LogP contribution < -0.4 is 10.2 Å². The molecule has 2 N–H and O–H groups in total. The Morgan fingerprint density at radius 2 is 2.15 bits per heavy atom. The molecule has 3 rings (SSSR count). The summed E-state index contributed by atoms with van der Waals surface area (Å²) >= 11 is 0. The number of hydrogen-bond donors (Lipinski definition) is 2. The molecule has 1 fully saturated rings. The molecule has 3 heterocycles. The molecule has 140 valence electrons.